The first kappa shape index (κ1) is 17.4. The molecule has 8 heteroatoms. The van der Waals surface area contributed by atoms with Gasteiger partial charge in [-0.05, 0) is 18.6 Å². The molecule has 2 aromatic rings. The van der Waals surface area contributed by atoms with E-state index in [0.29, 0.717) is 5.75 Å². The van der Waals surface area contributed by atoms with Gasteiger partial charge in [0.2, 0.25) is 5.91 Å². The van der Waals surface area contributed by atoms with Crippen molar-refractivity contribution in [3.05, 3.63) is 64.2 Å². The lowest BCUT2D eigenvalue weighted by Gasteiger charge is -2.29. The average molecular weight is 355 g/mol. The molecule has 2 aromatic carbocycles. The number of benzene rings is 2. The summed E-state index contributed by atoms with van der Waals surface area (Å²) in [5, 5.41) is 13.8. The van der Waals surface area contributed by atoms with Gasteiger partial charge in [0, 0.05) is 12.1 Å². The van der Waals surface area contributed by atoms with Crippen LogP contribution in [0.1, 0.15) is 18.5 Å². The van der Waals surface area contributed by atoms with Crippen LogP contribution < -0.4 is 15.0 Å². The molecule has 0 fully saturated rings. The highest BCUT2D eigenvalue weighted by atomic mass is 16.6. The Balaban J connectivity index is 1.77. The molecule has 0 radical (unpaired) electrons. The molecule has 0 bridgehead atoms. The van der Waals surface area contributed by atoms with Gasteiger partial charge < -0.3 is 10.1 Å². The van der Waals surface area contributed by atoms with Crippen molar-refractivity contribution in [3.8, 4) is 5.75 Å². The lowest BCUT2D eigenvalue weighted by atomic mass is 10.1. The first-order chi connectivity index (χ1) is 12.5. The molecule has 0 spiro atoms. The van der Waals surface area contributed by atoms with Gasteiger partial charge in [0.05, 0.1) is 16.7 Å². The van der Waals surface area contributed by atoms with Crippen LogP contribution in [0, 0.1) is 10.1 Å². The van der Waals surface area contributed by atoms with Crippen molar-refractivity contribution < 1.29 is 19.2 Å². The fourth-order valence-corrected chi connectivity index (χ4v) is 2.73. The zero-order valence-electron chi connectivity index (χ0n) is 14.0. The van der Waals surface area contributed by atoms with Crippen LogP contribution in [0.2, 0.25) is 0 Å². The number of amides is 2. The largest absolute Gasteiger partial charge is 0.482 e. The Labute approximate surface area is 149 Å². The van der Waals surface area contributed by atoms with Crippen LogP contribution in [0.15, 0.2) is 48.5 Å². The number of hydrogen-bond donors (Lipinski definition) is 1. The van der Waals surface area contributed by atoms with E-state index in [1.165, 1.54) is 23.1 Å². The highest BCUT2D eigenvalue weighted by molar-refractivity contribution is 6.02. The van der Waals surface area contributed by atoms with Crippen LogP contribution in [-0.2, 0) is 9.59 Å². The number of non-ortho nitro benzene ring substituents is 1. The Morgan fingerprint density at radius 2 is 2.04 bits per heavy atom. The predicted molar refractivity (Wildman–Crippen MR) is 93.9 cm³/mol. The molecule has 134 valence electrons. The Kier molecular flexibility index (Phi) is 4.83. The fourth-order valence-electron chi connectivity index (χ4n) is 2.73. The number of fused-ring (bicyclic) bond motifs is 1. The highest BCUT2D eigenvalue weighted by Crippen LogP contribution is 2.35. The Hall–Kier alpha value is -3.42. The number of carbonyl (C=O) groups is 2. The monoisotopic (exact) mass is 355 g/mol. The summed E-state index contributed by atoms with van der Waals surface area (Å²) in [6.45, 7) is 1.38. The Morgan fingerprint density at radius 1 is 1.31 bits per heavy atom. The molecular formula is C18H17N3O5. The normalized spacial score (nSPS) is 14.2. The van der Waals surface area contributed by atoms with Crippen LogP contribution >= 0.6 is 0 Å². The van der Waals surface area contributed by atoms with Gasteiger partial charge in [0.15, 0.2) is 6.61 Å². The molecule has 2 amide bonds. The highest BCUT2D eigenvalue weighted by Gasteiger charge is 2.29. The van der Waals surface area contributed by atoms with Crippen molar-refractivity contribution in [2.45, 2.75) is 13.0 Å². The number of ether oxygens (including phenoxy) is 1. The lowest BCUT2D eigenvalue weighted by molar-refractivity contribution is -0.384. The number of nitrogens with zero attached hydrogens (tertiary/aromatic N) is 2. The third kappa shape index (κ3) is 3.64. The number of nitro groups is 1. The lowest BCUT2D eigenvalue weighted by Crippen LogP contribution is -2.45. The van der Waals surface area contributed by atoms with Crippen molar-refractivity contribution in [1.29, 1.82) is 0 Å². The molecule has 0 saturated carbocycles. The van der Waals surface area contributed by atoms with Gasteiger partial charge in [-0.2, -0.15) is 0 Å². The predicted octanol–water partition coefficient (Wildman–Crippen LogP) is 2.20. The summed E-state index contributed by atoms with van der Waals surface area (Å²) in [5.74, 6) is -0.464. The number of carbonyl (C=O) groups excluding carboxylic acids is 2. The molecule has 1 aliphatic rings. The molecule has 0 unspecified atom stereocenters. The maximum atomic E-state index is 12.4. The summed E-state index contributed by atoms with van der Waals surface area (Å²) in [7, 11) is 0. The third-order valence-corrected chi connectivity index (χ3v) is 4.08. The van der Waals surface area contributed by atoms with Crippen molar-refractivity contribution in [1.82, 2.24) is 5.32 Å². The zero-order valence-corrected chi connectivity index (χ0v) is 14.0. The topological polar surface area (TPSA) is 102 Å². The maximum absolute atomic E-state index is 12.4. The first-order valence-corrected chi connectivity index (χ1v) is 8.01. The van der Waals surface area contributed by atoms with Gasteiger partial charge >= 0.3 is 0 Å². The second-order valence-corrected chi connectivity index (χ2v) is 5.88. The van der Waals surface area contributed by atoms with Crippen LogP contribution in [0.5, 0.6) is 5.75 Å². The Morgan fingerprint density at radius 3 is 2.73 bits per heavy atom. The van der Waals surface area contributed by atoms with E-state index in [4.69, 9.17) is 4.74 Å². The fraction of sp³-hybridized carbons (Fsp3) is 0.222. The van der Waals surface area contributed by atoms with Gasteiger partial charge in [-0.25, -0.2) is 0 Å². The molecule has 1 N–H and O–H groups in total. The minimum Gasteiger partial charge on any atom is -0.482 e. The molecule has 0 aromatic heterocycles. The molecule has 26 heavy (non-hydrogen) atoms. The maximum Gasteiger partial charge on any atom is 0.271 e. The molecule has 0 saturated heterocycles. The van der Waals surface area contributed by atoms with Crippen LogP contribution in [-0.4, -0.2) is 29.9 Å². The van der Waals surface area contributed by atoms with Crippen LogP contribution in [0.3, 0.4) is 0 Å². The second kappa shape index (κ2) is 7.22. The summed E-state index contributed by atoms with van der Waals surface area (Å²) in [5.41, 5.74) is 0.980. The van der Waals surface area contributed by atoms with E-state index in [9.17, 15) is 19.7 Å². The van der Waals surface area contributed by atoms with Gasteiger partial charge in [-0.15, -0.1) is 0 Å². The molecule has 1 aliphatic heterocycles. The summed E-state index contributed by atoms with van der Waals surface area (Å²) in [6, 6.07) is 13.1. The van der Waals surface area contributed by atoms with Gasteiger partial charge in [0.25, 0.3) is 11.6 Å². The van der Waals surface area contributed by atoms with E-state index >= 15 is 0 Å². The van der Waals surface area contributed by atoms with E-state index in [1.807, 2.05) is 37.3 Å². The molecular weight excluding hydrogens is 338 g/mol. The van der Waals surface area contributed by atoms with Gasteiger partial charge in [0.1, 0.15) is 12.3 Å². The number of hydrogen-bond acceptors (Lipinski definition) is 5. The van der Waals surface area contributed by atoms with E-state index < -0.39 is 10.8 Å². The number of rotatable bonds is 5. The quantitative estimate of drug-likeness (QED) is 0.654. The standard InChI is InChI=1S/C18H17N3O5/c1-12(13-5-3-2-4-6-13)19-17(22)10-20-15-9-14(21(24)25)7-8-16(15)26-11-18(20)23/h2-9,12H,10-11H2,1H3,(H,19,22)/t12-/m1/s1. The molecule has 3 rings (SSSR count). The van der Waals surface area contributed by atoms with Gasteiger partial charge in [-0.3, -0.25) is 24.6 Å². The van der Waals surface area contributed by atoms with E-state index in [2.05, 4.69) is 5.32 Å². The van der Waals surface area contributed by atoms with Crippen molar-refractivity contribution in [2.24, 2.45) is 0 Å². The minimum absolute atomic E-state index is 0.176. The number of nitro benzene ring substituents is 1. The summed E-state index contributed by atoms with van der Waals surface area (Å²) >= 11 is 0. The van der Waals surface area contributed by atoms with Crippen molar-refractivity contribution in [2.75, 3.05) is 18.1 Å². The summed E-state index contributed by atoms with van der Waals surface area (Å²) in [4.78, 5) is 36.2. The molecule has 1 atom stereocenters. The summed E-state index contributed by atoms with van der Waals surface area (Å²) in [6.07, 6.45) is 0. The van der Waals surface area contributed by atoms with Crippen molar-refractivity contribution in [3.63, 3.8) is 0 Å². The average Bonchev–Trinajstić information content (AvgIpc) is 2.64. The minimum atomic E-state index is -0.560. The third-order valence-electron chi connectivity index (χ3n) is 4.08. The van der Waals surface area contributed by atoms with E-state index in [0.717, 1.165) is 5.56 Å². The summed E-state index contributed by atoms with van der Waals surface area (Å²) < 4.78 is 5.29. The van der Waals surface area contributed by atoms with Crippen LogP contribution in [0.4, 0.5) is 11.4 Å². The number of anilines is 1. The van der Waals surface area contributed by atoms with Crippen molar-refractivity contribution >= 4 is 23.2 Å². The second-order valence-electron chi connectivity index (χ2n) is 5.88. The molecule has 0 aliphatic carbocycles. The number of nitrogens with one attached hydrogen (secondary N) is 1. The molecule has 1 heterocycles. The zero-order chi connectivity index (χ0) is 18.7. The van der Waals surface area contributed by atoms with Crippen LogP contribution in [0.25, 0.3) is 0 Å². The van der Waals surface area contributed by atoms with Gasteiger partial charge in [-0.1, -0.05) is 30.3 Å². The SMILES string of the molecule is C[C@@H](NC(=O)CN1C(=O)COc2ccc([N+](=O)[O-])cc21)c1ccccc1. The first-order valence-electron chi connectivity index (χ1n) is 8.01. The van der Waals surface area contributed by atoms with E-state index in [1.54, 1.807) is 0 Å². The Bertz CT molecular complexity index is 853. The smallest absolute Gasteiger partial charge is 0.271 e. The van der Waals surface area contributed by atoms with E-state index in [-0.39, 0.29) is 36.5 Å². The molecule has 8 nitrogen and oxygen atoms in total.